The van der Waals surface area contributed by atoms with Gasteiger partial charge in [0.25, 0.3) is 0 Å². The first-order valence-electron chi connectivity index (χ1n) is 6.52. The fraction of sp³-hybridized carbons (Fsp3) is 0.438. The van der Waals surface area contributed by atoms with Crippen molar-refractivity contribution in [2.45, 2.75) is 33.2 Å². The van der Waals surface area contributed by atoms with E-state index in [2.05, 4.69) is 17.2 Å². The number of amides is 1. The topological polar surface area (TPSA) is 49.3 Å². The molecular formula is C16H21NO2. The quantitative estimate of drug-likeness (QED) is 0.815. The molecule has 0 spiro atoms. The summed E-state index contributed by atoms with van der Waals surface area (Å²) >= 11 is 0. The fourth-order valence-corrected chi connectivity index (χ4v) is 1.75. The monoisotopic (exact) mass is 259 g/mol. The molecule has 102 valence electrons. The van der Waals surface area contributed by atoms with Gasteiger partial charge in [0.2, 0.25) is 5.91 Å². The molecule has 1 rings (SSSR count). The zero-order chi connectivity index (χ0) is 14.3. The van der Waals surface area contributed by atoms with Gasteiger partial charge in [0.15, 0.2) is 0 Å². The molecule has 0 aliphatic rings. The van der Waals surface area contributed by atoms with Crippen LogP contribution in [-0.2, 0) is 4.79 Å². The van der Waals surface area contributed by atoms with Crippen LogP contribution in [0, 0.1) is 17.8 Å². The molecule has 0 heterocycles. The van der Waals surface area contributed by atoms with Gasteiger partial charge in [-0.3, -0.25) is 4.79 Å². The average molecular weight is 259 g/mol. The Balaban J connectivity index is 2.62. The van der Waals surface area contributed by atoms with Gasteiger partial charge in [-0.15, -0.1) is 0 Å². The Labute approximate surface area is 115 Å². The van der Waals surface area contributed by atoms with Crippen LogP contribution < -0.4 is 5.32 Å². The molecule has 0 aliphatic heterocycles. The minimum Gasteiger partial charge on any atom is -0.384 e. The summed E-state index contributed by atoms with van der Waals surface area (Å²) in [5.41, 5.74) is 1.91. The Bertz CT molecular complexity index is 466. The lowest BCUT2D eigenvalue weighted by Gasteiger charge is -2.15. The van der Waals surface area contributed by atoms with Crippen molar-refractivity contribution in [2.75, 3.05) is 6.61 Å². The highest BCUT2D eigenvalue weighted by Gasteiger charge is 2.10. The lowest BCUT2D eigenvalue weighted by Crippen LogP contribution is -2.27. The van der Waals surface area contributed by atoms with Crippen molar-refractivity contribution in [1.29, 1.82) is 0 Å². The summed E-state index contributed by atoms with van der Waals surface area (Å²) in [5, 5.41) is 11.6. The zero-order valence-corrected chi connectivity index (χ0v) is 11.7. The lowest BCUT2D eigenvalue weighted by molar-refractivity contribution is -0.122. The standard InChI is InChI=1S/C16H21NO2/c1-12(2)11-16(19)17-13(3)15-8-6-14(7-9-15)5-4-10-18/h6-9,12-13,18H,10-11H2,1-3H3,(H,17,19). The smallest absolute Gasteiger partial charge is 0.220 e. The molecule has 2 N–H and O–H groups in total. The maximum atomic E-state index is 11.7. The maximum Gasteiger partial charge on any atom is 0.220 e. The van der Waals surface area contributed by atoms with Crippen molar-refractivity contribution >= 4 is 5.91 Å². The lowest BCUT2D eigenvalue weighted by atomic mass is 10.1. The number of aliphatic hydroxyl groups is 1. The third-order valence-corrected chi connectivity index (χ3v) is 2.69. The van der Waals surface area contributed by atoms with Gasteiger partial charge < -0.3 is 10.4 Å². The van der Waals surface area contributed by atoms with Crippen LogP contribution in [0.3, 0.4) is 0 Å². The number of aliphatic hydroxyl groups excluding tert-OH is 1. The van der Waals surface area contributed by atoms with Crippen LogP contribution in [0.15, 0.2) is 24.3 Å². The summed E-state index contributed by atoms with van der Waals surface area (Å²) in [4.78, 5) is 11.7. The van der Waals surface area contributed by atoms with Gasteiger partial charge in [0.05, 0.1) is 6.04 Å². The van der Waals surface area contributed by atoms with Gasteiger partial charge in [0.1, 0.15) is 6.61 Å². The molecule has 1 atom stereocenters. The number of hydrogen-bond donors (Lipinski definition) is 2. The molecule has 0 bridgehead atoms. The highest BCUT2D eigenvalue weighted by atomic mass is 16.2. The normalized spacial score (nSPS) is 11.6. The van der Waals surface area contributed by atoms with Gasteiger partial charge in [0, 0.05) is 12.0 Å². The molecule has 1 aromatic carbocycles. The van der Waals surface area contributed by atoms with E-state index in [1.807, 2.05) is 45.0 Å². The number of rotatable bonds is 4. The van der Waals surface area contributed by atoms with E-state index in [1.165, 1.54) is 0 Å². The van der Waals surface area contributed by atoms with Crippen LogP contribution in [0.4, 0.5) is 0 Å². The van der Waals surface area contributed by atoms with Crippen molar-refractivity contribution in [3.05, 3.63) is 35.4 Å². The Morgan fingerprint density at radius 2 is 1.89 bits per heavy atom. The van der Waals surface area contributed by atoms with Crippen molar-refractivity contribution in [3.63, 3.8) is 0 Å². The van der Waals surface area contributed by atoms with E-state index in [-0.39, 0.29) is 18.6 Å². The minimum atomic E-state index is -0.136. The van der Waals surface area contributed by atoms with Crippen LogP contribution >= 0.6 is 0 Å². The van der Waals surface area contributed by atoms with Crippen molar-refractivity contribution in [1.82, 2.24) is 5.32 Å². The Hall–Kier alpha value is -1.79. The van der Waals surface area contributed by atoms with Crippen LogP contribution in [-0.4, -0.2) is 17.6 Å². The van der Waals surface area contributed by atoms with Crippen LogP contribution in [0.2, 0.25) is 0 Å². The molecule has 3 heteroatoms. The molecule has 19 heavy (non-hydrogen) atoms. The van der Waals surface area contributed by atoms with Gasteiger partial charge in [-0.1, -0.05) is 37.8 Å². The molecular weight excluding hydrogens is 238 g/mol. The van der Waals surface area contributed by atoms with E-state index < -0.39 is 0 Å². The molecule has 0 radical (unpaired) electrons. The summed E-state index contributed by atoms with van der Waals surface area (Å²) in [6.07, 6.45) is 0.546. The van der Waals surface area contributed by atoms with Crippen molar-refractivity contribution in [3.8, 4) is 11.8 Å². The largest absolute Gasteiger partial charge is 0.384 e. The zero-order valence-electron chi connectivity index (χ0n) is 11.7. The van der Waals surface area contributed by atoms with E-state index in [9.17, 15) is 4.79 Å². The predicted molar refractivity (Wildman–Crippen MR) is 76.4 cm³/mol. The molecule has 3 nitrogen and oxygen atoms in total. The highest BCUT2D eigenvalue weighted by Crippen LogP contribution is 2.13. The number of carbonyl (C=O) groups is 1. The predicted octanol–water partition coefficient (Wildman–Crippen LogP) is 2.25. The van der Waals surface area contributed by atoms with E-state index >= 15 is 0 Å². The summed E-state index contributed by atoms with van der Waals surface area (Å²) in [7, 11) is 0. The number of benzene rings is 1. The summed E-state index contributed by atoms with van der Waals surface area (Å²) in [6, 6.07) is 7.67. The maximum absolute atomic E-state index is 11.7. The Kier molecular flexibility index (Phi) is 6.11. The second-order valence-corrected chi connectivity index (χ2v) is 4.97. The number of hydrogen-bond acceptors (Lipinski definition) is 2. The van der Waals surface area contributed by atoms with Crippen LogP contribution in [0.25, 0.3) is 0 Å². The van der Waals surface area contributed by atoms with Gasteiger partial charge in [-0.05, 0) is 30.5 Å². The van der Waals surface area contributed by atoms with Crippen LogP contribution in [0.5, 0.6) is 0 Å². The van der Waals surface area contributed by atoms with Gasteiger partial charge in [-0.2, -0.15) is 0 Å². The van der Waals surface area contributed by atoms with Crippen molar-refractivity contribution in [2.24, 2.45) is 5.92 Å². The van der Waals surface area contributed by atoms with Crippen LogP contribution in [0.1, 0.15) is 44.4 Å². The first-order chi connectivity index (χ1) is 9.02. The van der Waals surface area contributed by atoms with Gasteiger partial charge in [-0.25, -0.2) is 0 Å². The first-order valence-corrected chi connectivity index (χ1v) is 6.52. The van der Waals surface area contributed by atoms with Gasteiger partial charge >= 0.3 is 0 Å². The molecule has 0 aliphatic carbocycles. The second kappa shape index (κ2) is 7.60. The molecule has 0 saturated carbocycles. The summed E-state index contributed by atoms with van der Waals surface area (Å²) < 4.78 is 0. The molecule has 0 fully saturated rings. The fourth-order valence-electron chi connectivity index (χ4n) is 1.75. The van der Waals surface area contributed by atoms with Crippen molar-refractivity contribution < 1.29 is 9.90 Å². The summed E-state index contributed by atoms with van der Waals surface area (Å²) in [5.74, 6) is 5.88. The SMILES string of the molecule is CC(C)CC(=O)NC(C)c1ccc(C#CCO)cc1. The Morgan fingerprint density at radius 3 is 2.42 bits per heavy atom. The van der Waals surface area contributed by atoms with E-state index in [1.54, 1.807) is 0 Å². The van der Waals surface area contributed by atoms with E-state index in [4.69, 9.17) is 5.11 Å². The summed E-state index contributed by atoms with van der Waals surface area (Å²) in [6.45, 7) is 5.88. The Morgan fingerprint density at radius 1 is 1.26 bits per heavy atom. The highest BCUT2D eigenvalue weighted by molar-refractivity contribution is 5.76. The van der Waals surface area contributed by atoms with E-state index in [0.717, 1.165) is 11.1 Å². The second-order valence-electron chi connectivity index (χ2n) is 4.97. The minimum absolute atomic E-state index is 0.00824. The molecule has 1 aromatic rings. The molecule has 1 amide bonds. The molecule has 0 aromatic heterocycles. The molecule has 0 saturated heterocycles. The third-order valence-electron chi connectivity index (χ3n) is 2.69. The third kappa shape index (κ3) is 5.58. The first kappa shape index (κ1) is 15.3. The number of nitrogens with one attached hydrogen (secondary N) is 1. The number of carbonyl (C=O) groups excluding carboxylic acids is 1. The average Bonchev–Trinajstić information content (AvgIpc) is 2.35. The van der Waals surface area contributed by atoms with E-state index in [0.29, 0.717) is 12.3 Å². The molecule has 1 unspecified atom stereocenters.